The lowest BCUT2D eigenvalue weighted by atomic mass is 9.96. The Kier molecular flexibility index (Phi) is 6.13. The van der Waals surface area contributed by atoms with Gasteiger partial charge in [0.1, 0.15) is 17.3 Å². The third kappa shape index (κ3) is 3.79. The van der Waals surface area contributed by atoms with Crippen LogP contribution in [-0.2, 0) is 14.3 Å². The number of aromatic nitrogens is 1. The standard InChI is InChI=1S/C21H22N2O6/c1-27-10-9-23-18(13-5-4-8-22-12-13)17(20(25)21(23)26)19(24)15-11-14(28-2)6-7-16(15)29-3/h4-8,11-12,18,24H,9-10H2,1-3H3/b19-17+. The Balaban J connectivity index is 2.21. The van der Waals surface area contributed by atoms with Crippen LogP contribution in [0.5, 0.6) is 11.5 Å². The monoisotopic (exact) mass is 398 g/mol. The fraction of sp³-hybridized carbons (Fsp3) is 0.286. The molecule has 1 amide bonds. The summed E-state index contributed by atoms with van der Waals surface area (Å²) in [6.07, 6.45) is 3.16. The van der Waals surface area contributed by atoms with Gasteiger partial charge in [0, 0.05) is 26.0 Å². The molecule has 0 saturated carbocycles. The van der Waals surface area contributed by atoms with Crippen molar-refractivity contribution >= 4 is 17.4 Å². The summed E-state index contributed by atoms with van der Waals surface area (Å²) in [5, 5.41) is 11.1. The molecule has 8 heteroatoms. The molecule has 1 aliphatic rings. The maximum absolute atomic E-state index is 12.9. The van der Waals surface area contributed by atoms with Crippen LogP contribution in [0.4, 0.5) is 0 Å². The average molecular weight is 398 g/mol. The summed E-state index contributed by atoms with van der Waals surface area (Å²) in [5.74, 6) is -1.01. The smallest absolute Gasteiger partial charge is 0.295 e. The molecule has 1 atom stereocenters. The number of likely N-dealkylation sites (tertiary alicyclic amines) is 1. The molecule has 0 spiro atoms. The van der Waals surface area contributed by atoms with Gasteiger partial charge in [-0.3, -0.25) is 14.6 Å². The first-order valence-corrected chi connectivity index (χ1v) is 8.93. The van der Waals surface area contributed by atoms with Crippen LogP contribution in [-0.4, -0.2) is 61.2 Å². The highest BCUT2D eigenvalue weighted by Crippen LogP contribution is 2.41. The van der Waals surface area contributed by atoms with Crippen LogP contribution in [0.1, 0.15) is 17.2 Å². The number of hydrogen-bond acceptors (Lipinski definition) is 7. The van der Waals surface area contributed by atoms with Crippen molar-refractivity contribution in [1.82, 2.24) is 9.88 Å². The fourth-order valence-electron chi connectivity index (χ4n) is 3.33. The number of carbonyl (C=O) groups is 2. The Morgan fingerprint density at radius 1 is 1.17 bits per heavy atom. The lowest BCUT2D eigenvalue weighted by Crippen LogP contribution is -2.32. The highest BCUT2D eigenvalue weighted by atomic mass is 16.5. The first-order valence-electron chi connectivity index (χ1n) is 8.93. The van der Waals surface area contributed by atoms with E-state index in [-0.39, 0.29) is 30.0 Å². The molecule has 8 nitrogen and oxygen atoms in total. The third-order valence-corrected chi connectivity index (χ3v) is 4.74. The van der Waals surface area contributed by atoms with E-state index in [0.29, 0.717) is 17.1 Å². The van der Waals surface area contributed by atoms with Crippen LogP contribution in [0.15, 0.2) is 48.3 Å². The number of aliphatic hydroxyl groups excluding tert-OH is 1. The summed E-state index contributed by atoms with van der Waals surface area (Å²) in [7, 11) is 4.45. The largest absolute Gasteiger partial charge is 0.507 e. The summed E-state index contributed by atoms with van der Waals surface area (Å²) in [6, 6.07) is 7.50. The van der Waals surface area contributed by atoms with Crippen LogP contribution in [0.3, 0.4) is 0 Å². The number of ether oxygens (including phenoxy) is 3. The third-order valence-electron chi connectivity index (χ3n) is 4.74. The van der Waals surface area contributed by atoms with Crippen LogP contribution in [0, 0.1) is 0 Å². The number of Topliss-reactive ketones (excluding diaryl/α,β-unsaturated/α-hetero) is 1. The second kappa shape index (κ2) is 8.74. The zero-order valence-corrected chi connectivity index (χ0v) is 16.4. The molecule has 0 aliphatic carbocycles. The number of carbonyl (C=O) groups excluding carboxylic acids is 2. The Morgan fingerprint density at radius 2 is 1.97 bits per heavy atom. The number of benzene rings is 1. The van der Waals surface area contributed by atoms with Gasteiger partial charge in [0.2, 0.25) is 0 Å². The van der Waals surface area contributed by atoms with E-state index in [1.54, 1.807) is 42.7 Å². The molecule has 152 valence electrons. The van der Waals surface area contributed by atoms with Crippen LogP contribution >= 0.6 is 0 Å². The van der Waals surface area contributed by atoms with E-state index < -0.39 is 17.7 Å². The van der Waals surface area contributed by atoms with Gasteiger partial charge in [0.25, 0.3) is 11.7 Å². The molecule has 3 rings (SSSR count). The Morgan fingerprint density at radius 3 is 2.59 bits per heavy atom. The zero-order chi connectivity index (χ0) is 21.0. The second-order valence-electron chi connectivity index (χ2n) is 6.34. The van der Waals surface area contributed by atoms with Crippen molar-refractivity contribution in [2.24, 2.45) is 0 Å². The topological polar surface area (TPSA) is 98.2 Å². The van der Waals surface area contributed by atoms with Crippen LogP contribution in [0.2, 0.25) is 0 Å². The van der Waals surface area contributed by atoms with Crippen molar-refractivity contribution in [3.05, 3.63) is 59.4 Å². The predicted molar refractivity (Wildman–Crippen MR) is 105 cm³/mol. The van der Waals surface area contributed by atoms with Gasteiger partial charge in [-0.25, -0.2) is 0 Å². The molecule has 1 aromatic carbocycles. The van der Waals surface area contributed by atoms with E-state index >= 15 is 0 Å². The van der Waals surface area contributed by atoms with Crippen LogP contribution in [0.25, 0.3) is 5.76 Å². The maximum Gasteiger partial charge on any atom is 0.295 e. The van der Waals surface area contributed by atoms with Crippen molar-refractivity contribution in [3.63, 3.8) is 0 Å². The van der Waals surface area contributed by atoms with Gasteiger partial charge in [-0.2, -0.15) is 0 Å². The molecule has 2 heterocycles. The van der Waals surface area contributed by atoms with Crippen molar-refractivity contribution in [3.8, 4) is 11.5 Å². The molecule has 1 aromatic heterocycles. The molecular weight excluding hydrogens is 376 g/mol. The Labute approximate surface area is 168 Å². The fourth-order valence-corrected chi connectivity index (χ4v) is 3.33. The lowest BCUT2D eigenvalue weighted by molar-refractivity contribution is -0.140. The average Bonchev–Trinajstić information content (AvgIpc) is 3.02. The number of aliphatic hydroxyl groups is 1. The molecular formula is C21H22N2O6. The number of nitrogens with zero attached hydrogens (tertiary/aromatic N) is 2. The Bertz CT molecular complexity index is 941. The Hall–Kier alpha value is -3.39. The molecule has 1 aliphatic heterocycles. The van der Waals surface area contributed by atoms with Gasteiger partial charge >= 0.3 is 0 Å². The number of ketones is 1. The van der Waals surface area contributed by atoms with E-state index in [4.69, 9.17) is 14.2 Å². The minimum atomic E-state index is -0.797. The molecule has 1 unspecified atom stereocenters. The van der Waals surface area contributed by atoms with E-state index in [1.807, 2.05) is 0 Å². The molecule has 2 aromatic rings. The number of rotatable bonds is 7. The van der Waals surface area contributed by atoms with Gasteiger partial charge in [-0.1, -0.05) is 6.07 Å². The molecule has 1 N–H and O–H groups in total. The van der Waals surface area contributed by atoms with Gasteiger partial charge in [-0.15, -0.1) is 0 Å². The summed E-state index contributed by atoms with van der Waals surface area (Å²) >= 11 is 0. The normalized spacial score (nSPS) is 18.2. The quantitative estimate of drug-likeness (QED) is 0.434. The minimum Gasteiger partial charge on any atom is -0.507 e. The minimum absolute atomic E-state index is 0.0364. The molecule has 0 bridgehead atoms. The number of amides is 1. The maximum atomic E-state index is 12.9. The van der Waals surface area contributed by atoms with Crippen molar-refractivity contribution in [2.45, 2.75) is 6.04 Å². The van der Waals surface area contributed by atoms with E-state index in [2.05, 4.69) is 4.98 Å². The van der Waals surface area contributed by atoms with Crippen molar-refractivity contribution in [2.75, 3.05) is 34.5 Å². The zero-order valence-electron chi connectivity index (χ0n) is 16.4. The number of hydrogen-bond donors (Lipinski definition) is 1. The SMILES string of the molecule is COCCN1C(=O)C(=O)/C(=C(/O)c2cc(OC)ccc2OC)C1c1cccnc1. The molecule has 29 heavy (non-hydrogen) atoms. The molecule has 1 saturated heterocycles. The van der Waals surface area contributed by atoms with Gasteiger partial charge in [-0.05, 0) is 29.8 Å². The van der Waals surface area contributed by atoms with Crippen LogP contribution < -0.4 is 9.47 Å². The highest BCUT2D eigenvalue weighted by Gasteiger charge is 2.46. The molecule has 0 radical (unpaired) electrons. The van der Waals surface area contributed by atoms with Gasteiger partial charge < -0.3 is 24.2 Å². The summed E-state index contributed by atoms with van der Waals surface area (Å²) in [5.41, 5.74) is 0.822. The first-order chi connectivity index (χ1) is 14.0. The van der Waals surface area contributed by atoms with E-state index in [9.17, 15) is 14.7 Å². The van der Waals surface area contributed by atoms with E-state index in [1.165, 1.54) is 26.2 Å². The first kappa shape index (κ1) is 20.3. The van der Waals surface area contributed by atoms with Gasteiger partial charge in [0.05, 0.1) is 38.0 Å². The van der Waals surface area contributed by atoms with Crippen molar-refractivity contribution in [1.29, 1.82) is 0 Å². The summed E-state index contributed by atoms with van der Waals surface area (Å²) in [4.78, 5) is 31.1. The van der Waals surface area contributed by atoms with Gasteiger partial charge in [0.15, 0.2) is 0 Å². The summed E-state index contributed by atoms with van der Waals surface area (Å²) in [6.45, 7) is 0.430. The predicted octanol–water partition coefficient (Wildman–Crippen LogP) is 2.17. The lowest BCUT2D eigenvalue weighted by Gasteiger charge is -2.24. The molecule has 1 fully saturated rings. The summed E-state index contributed by atoms with van der Waals surface area (Å²) < 4.78 is 15.6. The number of pyridine rings is 1. The van der Waals surface area contributed by atoms with Crippen molar-refractivity contribution < 1.29 is 28.9 Å². The number of methoxy groups -OCH3 is 3. The second-order valence-corrected chi connectivity index (χ2v) is 6.34. The van der Waals surface area contributed by atoms with E-state index in [0.717, 1.165) is 0 Å². The highest BCUT2D eigenvalue weighted by molar-refractivity contribution is 6.46.